The quantitative estimate of drug-likeness (QED) is 0.835. The summed E-state index contributed by atoms with van der Waals surface area (Å²) in [5.74, 6) is 0.143. The van der Waals surface area contributed by atoms with Crippen molar-refractivity contribution in [2.45, 2.75) is 52.2 Å². The Labute approximate surface area is 108 Å². The van der Waals surface area contributed by atoms with E-state index < -0.39 is 11.7 Å². The van der Waals surface area contributed by atoms with Crippen LogP contribution >= 0.6 is 0 Å². The molecule has 1 rings (SSSR count). The third-order valence-electron chi connectivity index (χ3n) is 2.66. The van der Waals surface area contributed by atoms with Crippen LogP contribution in [0, 0.1) is 5.92 Å². The van der Waals surface area contributed by atoms with Crippen LogP contribution in [0.4, 0.5) is 4.79 Å². The molecule has 0 radical (unpaired) electrons. The molecule has 0 aromatic carbocycles. The fraction of sp³-hybridized carbons (Fsp3) is 0.846. The Kier molecular flexibility index (Phi) is 5.14. The van der Waals surface area contributed by atoms with Gasteiger partial charge in [-0.25, -0.2) is 4.79 Å². The Hall–Kier alpha value is -1.10. The number of carbonyl (C=O) groups is 2. The lowest BCUT2D eigenvalue weighted by Crippen LogP contribution is -2.39. The fourth-order valence-corrected chi connectivity index (χ4v) is 1.82. The van der Waals surface area contributed by atoms with Crippen LogP contribution < -0.4 is 5.32 Å². The average molecular weight is 257 g/mol. The molecule has 0 saturated carbocycles. The van der Waals surface area contributed by atoms with Crippen molar-refractivity contribution < 1.29 is 19.1 Å². The molecule has 0 bridgehead atoms. The maximum atomic E-state index is 11.9. The number of hydrogen-bond donors (Lipinski definition) is 1. The largest absolute Gasteiger partial charge is 0.444 e. The minimum atomic E-state index is -0.521. The van der Waals surface area contributed by atoms with Crippen molar-refractivity contribution in [1.82, 2.24) is 5.32 Å². The Morgan fingerprint density at radius 2 is 2.11 bits per heavy atom. The van der Waals surface area contributed by atoms with E-state index in [9.17, 15) is 9.59 Å². The van der Waals surface area contributed by atoms with Gasteiger partial charge in [-0.1, -0.05) is 0 Å². The highest BCUT2D eigenvalue weighted by Crippen LogP contribution is 2.16. The van der Waals surface area contributed by atoms with E-state index >= 15 is 0 Å². The van der Waals surface area contributed by atoms with E-state index in [2.05, 4.69) is 5.32 Å². The van der Waals surface area contributed by atoms with Crippen LogP contribution in [-0.4, -0.2) is 36.7 Å². The molecule has 1 aliphatic rings. The second kappa shape index (κ2) is 6.18. The van der Waals surface area contributed by atoms with Crippen LogP contribution in [0.15, 0.2) is 0 Å². The molecule has 5 heteroatoms. The van der Waals surface area contributed by atoms with Crippen LogP contribution in [0.3, 0.4) is 0 Å². The number of ketones is 1. The zero-order valence-corrected chi connectivity index (χ0v) is 11.6. The molecule has 2 atom stereocenters. The standard InChI is InChI=1S/C13H23NO4/c1-9(14-12(16)18-13(2,3)4)7-11(15)10-5-6-17-8-10/h9-10H,5-8H2,1-4H3,(H,14,16). The van der Waals surface area contributed by atoms with Crippen LogP contribution in [0.25, 0.3) is 0 Å². The maximum absolute atomic E-state index is 11.9. The van der Waals surface area contributed by atoms with Crippen molar-refractivity contribution in [2.24, 2.45) is 5.92 Å². The minimum absolute atomic E-state index is 0.00659. The third-order valence-corrected chi connectivity index (χ3v) is 2.66. The summed E-state index contributed by atoms with van der Waals surface area (Å²) >= 11 is 0. The van der Waals surface area contributed by atoms with Crippen molar-refractivity contribution in [3.8, 4) is 0 Å². The van der Waals surface area contributed by atoms with Gasteiger partial charge in [-0.2, -0.15) is 0 Å². The number of alkyl carbamates (subject to hydrolysis) is 1. The Morgan fingerprint density at radius 1 is 1.44 bits per heavy atom. The van der Waals surface area contributed by atoms with Gasteiger partial charge in [-0.15, -0.1) is 0 Å². The molecule has 1 amide bonds. The molecular formula is C13H23NO4. The summed E-state index contributed by atoms with van der Waals surface area (Å²) in [6.45, 7) is 8.38. The molecule has 104 valence electrons. The first-order valence-corrected chi connectivity index (χ1v) is 6.38. The van der Waals surface area contributed by atoms with E-state index in [0.717, 1.165) is 6.42 Å². The van der Waals surface area contributed by atoms with Crippen LogP contribution in [0.5, 0.6) is 0 Å². The molecule has 18 heavy (non-hydrogen) atoms. The first kappa shape index (κ1) is 15.0. The summed E-state index contributed by atoms with van der Waals surface area (Å²) < 4.78 is 10.3. The first-order valence-electron chi connectivity index (χ1n) is 6.38. The summed E-state index contributed by atoms with van der Waals surface area (Å²) in [6.07, 6.45) is 0.635. The molecule has 0 spiro atoms. The molecule has 1 saturated heterocycles. The second-order valence-electron chi connectivity index (χ2n) is 5.78. The molecule has 5 nitrogen and oxygen atoms in total. The Balaban J connectivity index is 2.30. The van der Waals surface area contributed by atoms with Gasteiger partial charge < -0.3 is 14.8 Å². The van der Waals surface area contributed by atoms with Gasteiger partial charge in [0.1, 0.15) is 11.4 Å². The van der Waals surface area contributed by atoms with Crippen molar-refractivity contribution in [1.29, 1.82) is 0 Å². The highest BCUT2D eigenvalue weighted by atomic mass is 16.6. The number of amides is 1. The molecule has 1 N–H and O–H groups in total. The number of hydrogen-bond acceptors (Lipinski definition) is 4. The summed E-state index contributed by atoms with van der Waals surface area (Å²) in [4.78, 5) is 23.4. The van der Waals surface area contributed by atoms with Crippen LogP contribution in [-0.2, 0) is 14.3 Å². The van der Waals surface area contributed by atoms with Gasteiger partial charge in [-0.05, 0) is 34.1 Å². The molecule has 1 aliphatic heterocycles. The Morgan fingerprint density at radius 3 is 2.61 bits per heavy atom. The van der Waals surface area contributed by atoms with Crippen LogP contribution in [0.1, 0.15) is 40.5 Å². The molecule has 0 aromatic heterocycles. The molecule has 0 aromatic rings. The van der Waals surface area contributed by atoms with Crippen LogP contribution in [0.2, 0.25) is 0 Å². The van der Waals surface area contributed by atoms with Crippen molar-refractivity contribution in [3.63, 3.8) is 0 Å². The van der Waals surface area contributed by atoms with Gasteiger partial charge in [-0.3, -0.25) is 4.79 Å². The maximum Gasteiger partial charge on any atom is 0.407 e. The van der Waals surface area contributed by atoms with E-state index in [0.29, 0.717) is 19.6 Å². The van der Waals surface area contributed by atoms with E-state index in [4.69, 9.17) is 9.47 Å². The average Bonchev–Trinajstić information content (AvgIpc) is 2.65. The van der Waals surface area contributed by atoms with Gasteiger partial charge in [0.15, 0.2) is 0 Å². The predicted molar refractivity (Wildman–Crippen MR) is 67.4 cm³/mol. The molecule has 1 heterocycles. The van der Waals surface area contributed by atoms with Gasteiger partial charge in [0.05, 0.1) is 6.61 Å². The zero-order valence-electron chi connectivity index (χ0n) is 11.6. The van der Waals surface area contributed by atoms with Gasteiger partial charge in [0.2, 0.25) is 0 Å². The van der Waals surface area contributed by atoms with Gasteiger partial charge >= 0.3 is 6.09 Å². The van der Waals surface area contributed by atoms with E-state index in [1.807, 2.05) is 0 Å². The molecular weight excluding hydrogens is 234 g/mol. The smallest absolute Gasteiger partial charge is 0.407 e. The minimum Gasteiger partial charge on any atom is -0.444 e. The van der Waals surface area contributed by atoms with Crippen molar-refractivity contribution in [3.05, 3.63) is 0 Å². The summed E-state index contributed by atoms with van der Waals surface area (Å²) in [6, 6.07) is -0.215. The van der Waals surface area contributed by atoms with Gasteiger partial charge in [0, 0.05) is 25.0 Å². The zero-order chi connectivity index (χ0) is 13.8. The number of carbonyl (C=O) groups excluding carboxylic acids is 2. The number of rotatable bonds is 4. The summed E-state index contributed by atoms with van der Waals surface area (Å²) in [5, 5.41) is 2.67. The lowest BCUT2D eigenvalue weighted by molar-refractivity contribution is -0.123. The predicted octanol–water partition coefficient (Wildman–Crippen LogP) is 1.90. The highest BCUT2D eigenvalue weighted by Gasteiger charge is 2.25. The van der Waals surface area contributed by atoms with Gasteiger partial charge in [0.25, 0.3) is 0 Å². The number of nitrogens with one attached hydrogen (secondary N) is 1. The number of ether oxygens (including phenoxy) is 2. The second-order valence-corrected chi connectivity index (χ2v) is 5.78. The monoisotopic (exact) mass is 257 g/mol. The van der Waals surface area contributed by atoms with E-state index in [1.54, 1.807) is 27.7 Å². The number of Topliss-reactive ketones (excluding diaryl/α,β-unsaturated/α-hetero) is 1. The topological polar surface area (TPSA) is 64.6 Å². The first-order chi connectivity index (χ1) is 8.28. The summed E-state index contributed by atoms with van der Waals surface area (Å²) in [7, 11) is 0. The lowest BCUT2D eigenvalue weighted by atomic mass is 9.98. The normalized spacial score (nSPS) is 21.4. The van der Waals surface area contributed by atoms with E-state index in [1.165, 1.54) is 0 Å². The molecule has 2 unspecified atom stereocenters. The molecule has 0 aliphatic carbocycles. The highest BCUT2D eigenvalue weighted by molar-refractivity contribution is 5.82. The fourth-order valence-electron chi connectivity index (χ4n) is 1.82. The van der Waals surface area contributed by atoms with E-state index in [-0.39, 0.29) is 17.7 Å². The summed E-state index contributed by atoms with van der Waals surface area (Å²) in [5.41, 5.74) is -0.521. The lowest BCUT2D eigenvalue weighted by Gasteiger charge is -2.22. The van der Waals surface area contributed by atoms with Crippen molar-refractivity contribution >= 4 is 11.9 Å². The SMILES string of the molecule is CC(CC(=O)C1CCOC1)NC(=O)OC(C)(C)C. The van der Waals surface area contributed by atoms with Crippen molar-refractivity contribution in [2.75, 3.05) is 13.2 Å². The third kappa shape index (κ3) is 5.49. The Bertz CT molecular complexity index is 303. The molecule has 1 fully saturated rings.